The van der Waals surface area contributed by atoms with Gasteiger partial charge in [0.1, 0.15) is 5.03 Å². The van der Waals surface area contributed by atoms with Crippen molar-refractivity contribution < 1.29 is 23.9 Å². The average Bonchev–Trinajstić information content (AvgIpc) is 2.81. The van der Waals surface area contributed by atoms with Gasteiger partial charge in [0.2, 0.25) is 0 Å². The fourth-order valence-corrected chi connectivity index (χ4v) is 5.67. The summed E-state index contributed by atoms with van der Waals surface area (Å²) in [5.74, 6) is -2.38. The van der Waals surface area contributed by atoms with Crippen LogP contribution in [0.3, 0.4) is 0 Å². The second kappa shape index (κ2) is 7.85. The molecule has 1 unspecified atom stereocenters. The minimum atomic E-state index is -1.000. The summed E-state index contributed by atoms with van der Waals surface area (Å²) < 4.78 is 4.85. The number of ether oxygens (including phenoxy) is 1. The number of nitrogens with zero attached hydrogens (tertiary/aromatic N) is 2. The van der Waals surface area contributed by atoms with Crippen LogP contribution in [-0.4, -0.2) is 52.0 Å². The van der Waals surface area contributed by atoms with E-state index in [-0.39, 0.29) is 10.6 Å². The van der Waals surface area contributed by atoms with E-state index >= 15 is 0 Å². The number of hydrogen-bond acceptors (Lipinski definition) is 7. The van der Waals surface area contributed by atoms with Crippen LogP contribution in [0.1, 0.15) is 32.1 Å². The number of thioether (sulfide) groups is 2. The Morgan fingerprint density at radius 1 is 1.22 bits per heavy atom. The van der Waals surface area contributed by atoms with Crippen LogP contribution in [0.4, 0.5) is 4.79 Å². The third-order valence-corrected chi connectivity index (χ3v) is 6.61. The standard InChI is InChI=1S/C16H20N4O5S2/c1-26-13-11(14(23)25-7-10(17)21)12(22)19-8-5-3-2-4-6-9(8)27-16(19)20(13)15(18)24/h16H,2-7H2,1H3,(H2,17,21)(H2,18,24). The molecule has 0 spiro atoms. The molecule has 27 heavy (non-hydrogen) atoms. The maximum Gasteiger partial charge on any atom is 0.347 e. The van der Waals surface area contributed by atoms with Crippen molar-refractivity contribution in [2.75, 3.05) is 12.9 Å². The number of rotatable bonds is 4. The summed E-state index contributed by atoms with van der Waals surface area (Å²) in [5, 5.41) is 0.119. The highest BCUT2D eigenvalue weighted by molar-refractivity contribution is 8.04. The molecule has 0 bridgehead atoms. The monoisotopic (exact) mass is 412 g/mol. The van der Waals surface area contributed by atoms with Crippen LogP contribution in [0.5, 0.6) is 0 Å². The van der Waals surface area contributed by atoms with Crippen molar-refractivity contribution >= 4 is 47.3 Å². The Labute approximate surface area is 164 Å². The van der Waals surface area contributed by atoms with Gasteiger partial charge in [0.05, 0.1) is 0 Å². The fraction of sp³-hybridized carbons (Fsp3) is 0.500. The fourth-order valence-electron chi connectivity index (χ4n) is 3.35. The molecule has 0 saturated heterocycles. The molecule has 11 heteroatoms. The van der Waals surface area contributed by atoms with Gasteiger partial charge < -0.3 is 16.2 Å². The van der Waals surface area contributed by atoms with Gasteiger partial charge in [0.15, 0.2) is 17.7 Å². The molecule has 0 radical (unpaired) electrons. The van der Waals surface area contributed by atoms with E-state index < -0.39 is 35.9 Å². The lowest BCUT2D eigenvalue weighted by atomic mass is 10.1. The number of allylic oxidation sites excluding steroid dienone is 2. The summed E-state index contributed by atoms with van der Waals surface area (Å²) in [6.45, 7) is -0.653. The van der Waals surface area contributed by atoms with Crippen molar-refractivity contribution in [1.29, 1.82) is 0 Å². The molecule has 0 saturated carbocycles. The van der Waals surface area contributed by atoms with Crippen molar-refractivity contribution in [3.05, 3.63) is 21.2 Å². The van der Waals surface area contributed by atoms with Crippen molar-refractivity contribution in [3.8, 4) is 0 Å². The number of nitrogens with two attached hydrogens (primary N) is 2. The largest absolute Gasteiger partial charge is 0.452 e. The molecule has 9 nitrogen and oxygen atoms in total. The zero-order chi connectivity index (χ0) is 19.7. The Kier molecular flexibility index (Phi) is 5.70. The van der Waals surface area contributed by atoms with Crippen LogP contribution < -0.4 is 11.5 Å². The SMILES string of the molecule is CSC1=C(C(=O)OCC(N)=O)C(=O)N2C3=C(CCCCC3)SC2N1C(N)=O. The minimum absolute atomic E-state index is 0.119. The number of fused-ring (bicyclic) bond motifs is 2. The van der Waals surface area contributed by atoms with Crippen LogP contribution in [0, 0.1) is 0 Å². The van der Waals surface area contributed by atoms with Crippen molar-refractivity contribution in [2.45, 2.75) is 37.6 Å². The van der Waals surface area contributed by atoms with Crippen LogP contribution in [-0.2, 0) is 19.1 Å². The zero-order valence-corrected chi connectivity index (χ0v) is 16.4. The quantitative estimate of drug-likeness (QED) is 0.519. The third-order valence-electron chi connectivity index (χ3n) is 4.47. The molecule has 0 aromatic carbocycles. The molecule has 4 amide bonds. The van der Waals surface area contributed by atoms with E-state index in [0.717, 1.165) is 48.0 Å². The molecule has 0 fully saturated rings. The predicted molar refractivity (Wildman–Crippen MR) is 100 cm³/mol. The lowest BCUT2D eigenvalue weighted by Gasteiger charge is -2.40. The van der Waals surface area contributed by atoms with Crippen LogP contribution in [0.25, 0.3) is 0 Å². The smallest absolute Gasteiger partial charge is 0.347 e. The molecule has 3 rings (SSSR count). The molecule has 146 valence electrons. The second-order valence-corrected chi connectivity index (χ2v) is 8.13. The van der Waals surface area contributed by atoms with Gasteiger partial charge in [-0.2, -0.15) is 0 Å². The molecule has 1 aliphatic carbocycles. The van der Waals surface area contributed by atoms with E-state index in [1.807, 2.05) is 0 Å². The predicted octanol–water partition coefficient (Wildman–Crippen LogP) is 1.02. The topological polar surface area (TPSA) is 136 Å². The summed E-state index contributed by atoms with van der Waals surface area (Å²) in [6, 6.07) is -0.771. The van der Waals surface area contributed by atoms with E-state index in [1.165, 1.54) is 21.6 Å². The number of primary amides is 2. The van der Waals surface area contributed by atoms with Crippen LogP contribution in [0.2, 0.25) is 0 Å². The zero-order valence-electron chi connectivity index (χ0n) is 14.7. The lowest BCUT2D eigenvalue weighted by Crippen LogP contribution is -2.55. The number of amides is 4. The maximum absolute atomic E-state index is 13.2. The first kappa shape index (κ1) is 19.6. The van der Waals surface area contributed by atoms with Crippen LogP contribution in [0.15, 0.2) is 21.2 Å². The van der Waals surface area contributed by atoms with Gasteiger partial charge in [-0.3, -0.25) is 19.4 Å². The van der Waals surface area contributed by atoms with E-state index in [2.05, 4.69) is 0 Å². The molecule has 4 N–H and O–H groups in total. The van der Waals surface area contributed by atoms with Crippen molar-refractivity contribution in [1.82, 2.24) is 9.80 Å². The van der Waals surface area contributed by atoms with Crippen molar-refractivity contribution in [3.63, 3.8) is 0 Å². The van der Waals surface area contributed by atoms with E-state index in [9.17, 15) is 19.2 Å². The molecule has 0 aromatic rings. The van der Waals surface area contributed by atoms with Crippen molar-refractivity contribution in [2.24, 2.45) is 11.5 Å². The Hall–Kier alpha value is -2.14. The van der Waals surface area contributed by atoms with Gasteiger partial charge >= 0.3 is 12.0 Å². The highest BCUT2D eigenvalue weighted by atomic mass is 32.2. The number of esters is 1. The van der Waals surface area contributed by atoms with Gasteiger partial charge in [-0.1, -0.05) is 18.2 Å². The number of urea groups is 1. The molecule has 0 aromatic heterocycles. The lowest BCUT2D eigenvalue weighted by molar-refractivity contribution is -0.147. The Morgan fingerprint density at radius 3 is 2.56 bits per heavy atom. The second-order valence-electron chi connectivity index (χ2n) is 6.18. The summed E-state index contributed by atoms with van der Waals surface area (Å²) >= 11 is 2.47. The Bertz CT molecular complexity index is 779. The first-order chi connectivity index (χ1) is 12.9. The molecule has 2 aliphatic heterocycles. The van der Waals surface area contributed by atoms with Crippen LogP contribution >= 0.6 is 23.5 Å². The first-order valence-electron chi connectivity index (χ1n) is 8.41. The normalized spacial score (nSPS) is 22.4. The first-order valence-corrected chi connectivity index (χ1v) is 10.5. The molecule has 2 heterocycles. The highest BCUT2D eigenvalue weighted by Gasteiger charge is 2.50. The summed E-state index contributed by atoms with van der Waals surface area (Å²) in [4.78, 5) is 52.6. The summed E-state index contributed by atoms with van der Waals surface area (Å²) in [7, 11) is 0. The number of hydrogen-bond donors (Lipinski definition) is 2. The molecule has 3 aliphatic rings. The Balaban J connectivity index is 2.04. The molecular formula is C16H20N4O5S2. The average molecular weight is 412 g/mol. The van der Waals surface area contributed by atoms with Gasteiger partial charge in [-0.15, -0.1) is 11.8 Å². The Morgan fingerprint density at radius 2 is 1.93 bits per heavy atom. The molecule has 1 atom stereocenters. The minimum Gasteiger partial charge on any atom is -0.452 e. The van der Waals surface area contributed by atoms with Gasteiger partial charge in [0.25, 0.3) is 11.8 Å². The van der Waals surface area contributed by atoms with Gasteiger partial charge in [0, 0.05) is 10.6 Å². The highest BCUT2D eigenvalue weighted by Crippen LogP contribution is 2.50. The van der Waals surface area contributed by atoms with Gasteiger partial charge in [-0.05, 0) is 31.9 Å². The third kappa shape index (κ3) is 3.53. The summed E-state index contributed by atoms with van der Waals surface area (Å²) in [6.07, 6.45) is 6.13. The maximum atomic E-state index is 13.2. The van der Waals surface area contributed by atoms with E-state index in [4.69, 9.17) is 16.2 Å². The molecular weight excluding hydrogens is 392 g/mol. The summed E-state index contributed by atoms with van der Waals surface area (Å²) in [5.41, 5.74) is 10.5. The van der Waals surface area contributed by atoms with Gasteiger partial charge in [-0.25, -0.2) is 9.59 Å². The van der Waals surface area contributed by atoms with E-state index in [0.29, 0.717) is 6.42 Å². The number of carbonyl (C=O) groups is 4. The van der Waals surface area contributed by atoms with E-state index in [1.54, 1.807) is 6.26 Å². The number of carbonyl (C=O) groups excluding carboxylic acids is 4.